The van der Waals surface area contributed by atoms with Crippen LogP contribution in [0.1, 0.15) is 0 Å². The average Bonchev–Trinajstić information content (AvgIpc) is 2.47. The van der Waals surface area contributed by atoms with Gasteiger partial charge < -0.3 is 0 Å². The molecule has 3 nitrogen and oxygen atoms in total. The monoisotopic (exact) mass is 235 g/mol. The van der Waals surface area contributed by atoms with Crippen molar-refractivity contribution in [2.24, 2.45) is 10.2 Å². The summed E-state index contributed by atoms with van der Waals surface area (Å²) < 4.78 is 0. The third kappa shape index (κ3) is 5.38. The molecule has 2 aromatic rings. The second-order valence-corrected chi connectivity index (χ2v) is 3.20. The first-order chi connectivity index (χ1) is 8.86. The number of azo groups is 1. The van der Waals surface area contributed by atoms with Crippen LogP contribution in [0.5, 0.6) is 0 Å². The Kier molecular flexibility index (Phi) is 6.24. The smallest absolute Gasteiger partial charge is 0.0905 e. The van der Waals surface area contributed by atoms with E-state index in [1.807, 2.05) is 60.7 Å². The van der Waals surface area contributed by atoms with Crippen LogP contribution in [0.25, 0.3) is 0 Å². The normalized spacial score (nSPS) is 9.06. The number of hydrogen-bond donors (Lipinski definition) is 0. The van der Waals surface area contributed by atoms with Gasteiger partial charge in [-0.05, 0) is 24.3 Å². The van der Waals surface area contributed by atoms with Crippen molar-refractivity contribution in [3.63, 3.8) is 0 Å². The molecule has 0 radical (unpaired) electrons. The highest BCUT2D eigenvalue weighted by atomic mass is 15.1. The second kappa shape index (κ2) is 8.43. The van der Waals surface area contributed by atoms with Crippen molar-refractivity contribution >= 4 is 11.4 Å². The molecule has 0 spiro atoms. The van der Waals surface area contributed by atoms with E-state index in [1.54, 1.807) is 6.07 Å². The first-order valence-corrected chi connectivity index (χ1v) is 5.39. The maximum absolute atomic E-state index is 7.51. The van der Waals surface area contributed by atoms with Gasteiger partial charge in [-0.15, -0.1) is 0 Å². The molecular weight excluding hydrogens is 222 g/mol. The van der Waals surface area contributed by atoms with Gasteiger partial charge in [0.25, 0.3) is 0 Å². The van der Waals surface area contributed by atoms with Gasteiger partial charge in [0.1, 0.15) is 0 Å². The number of benzene rings is 2. The number of nitrogens with zero attached hydrogens (tertiary/aromatic N) is 3. The van der Waals surface area contributed by atoms with Crippen LogP contribution in [0.4, 0.5) is 11.4 Å². The third-order valence-corrected chi connectivity index (χ3v) is 1.88. The molecule has 0 aliphatic carbocycles. The molecule has 0 amide bonds. The van der Waals surface area contributed by atoms with Crippen molar-refractivity contribution in [2.45, 2.75) is 0 Å². The van der Waals surface area contributed by atoms with Gasteiger partial charge in [-0.1, -0.05) is 43.0 Å². The van der Waals surface area contributed by atoms with E-state index in [0.717, 1.165) is 11.4 Å². The molecule has 0 aromatic heterocycles. The standard InChI is InChI=1S/C12H10N2.C3H3N/c1-3-7-11(8-4-1)13-14-12-9-5-2-6-10-12;1-2-3-4/h1-10H;2H,1H2. The molecule has 0 heterocycles. The van der Waals surface area contributed by atoms with Gasteiger partial charge in [0, 0.05) is 6.08 Å². The molecular formula is C15H13N3. The molecule has 0 fully saturated rings. The quantitative estimate of drug-likeness (QED) is 0.545. The summed E-state index contributed by atoms with van der Waals surface area (Å²) in [5.41, 5.74) is 1.74. The van der Waals surface area contributed by atoms with Gasteiger partial charge in [0.15, 0.2) is 0 Å². The Balaban J connectivity index is 0.000000357. The van der Waals surface area contributed by atoms with Crippen molar-refractivity contribution < 1.29 is 0 Å². The molecule has 0 aliphatic heterocycles. The van der Waals surface area contributed by atoms with Gasteiger partial charge in [0.2, 0.25) is 0 Å². The highest BCUT2D eigenvalue weighted by molar-refractivity contribution is 5.39. The van der Waals surface area contributed by atoms with Crippen LogP contribution < -0.4 is 0 Å². The summed E-state index contributed by atoms with van der Waals surface area (Å²) in [6.07, 6.45) is 1.18. The van der Waals surface area contributed by atoms with Crippen molar-refractivity contribution in [3.05, 3.63) is 73.3 Å². The lowest BCUT2D eigenvalue weighted by molar-refractivity contribution is 1.23. The molecule has 0 atom stereocenters. The summed E-state index contributed by atoms with van der Waals surface area (Å²) in [4.78, 5) is 0. The molecule has 0 saturated heterocycles. The third-order valence-electron chi connectivity index (χ3n) is 1.88. The molecule has 0 aliphatic rings. The highest BCUT2D eigenvalue weighted by Crippen LogP contribution is 2.16. The first-order valence-electron chi connectivity index (χ1n) is 5.39. The Morgan fingerprint density at radius 3 is 1.44 bits per heavy atom. The topological polar surface area (TPSA) is 48.5 Å². The largest absolute Gasteiger partial charge is 0.193 e. The zero-order valence-electron chi connectivity index (χ0n) is 9.90. The maximum atomic E-state index is 7.51. The Bertz CT molecular complexity index is 483. The van der Waals surface area contributed by atoms with Crippen LogP contribution >= 0.6 is 0 Å². The van der Waals surface area contributed by atoms with Gasteiger partial charge in [-0.3, -0.25) is 0 Å². The lowest BCUT2D eigenvalue weighted by Gasteiger charge is -1.91. The average molecular weight is 235 g/mol. The Morgan fingerprint density at radius 1 is 0.833 bits per heavy atom. The highest BCUT2D eigenvalue weighted by Gasteiger charge is 1.86. The summed E-state index contributed by atoms with van der Waals surface area (Å²) in [6, 6.07) is 21.1. The van der Waals surface area contributed by atoms with Crippen molar-refractivity contribution in [2.75, 3.05) is 0 Å². The van der Waals surface area contributed by atoms with Crippen LogP contribution in [0, 0.1) is 11.3 Å². The zero-order valence-corrected chi connectivity index (χ0v) is 9.90. The van der Waals surface area contributed by atoms with E-state index in [9.17, 15) is 0 Å². The number of allylic oxidation sites excluding steroid dienone is 1. The molecule has 0 unspecified atom stereocenters. The summed E-state index contributed by atoms with van der Waals surface area (Å²) in [5, 5.41) is 15.7. The first kappa shape index (κ1) is 13.3. The van der Waals surface area contributed by atoms with Crippen molar-refractivity contribution in [1.29, 1.82) is 5.26 Å². The molecule has 2 aromatic carbocycles. The zero-order chi connectivity index (χ0) is 13.1. The van der Waals surface area contributed by atoms with Crippen LogP contribution in [-0.2, 0) is 0 Å². The van der Waals surface area contributed by atoms with E-state index in [1.165, 1.54) is 6.08 Å². The van der Waals surface area contributed by atoms with Gasteiger partial charge >= 0.3 is 0 Å². The number of hydrogen-bond acceptors (Lipinski definition) is 3. The van der Waals surface area contributed by atoms with Crippen LogP contribution in [0.15, 0.2) is 83.5 Å². The fraction of sp³-hybridized carbons (Fsp3) is 0. The fourth-order valence-corrected chi connectivity index (χ4v) is 1.10. The molecule has 0 saturated carbocycles. The molecule has 2 rings (SSSR count). The molecule has 3 heteroatoms. The van der Waals surface area contributed by atoms with E-state index in [0.29, 0.717) is 0 Å². The summed E-state index contributed by atoms with van der Waals surface area (Å²) in [7, 11) is 0. The van der Waals surface area contributed by atoms with Crippen LogP contribution in [-0.4, -0.2) is 0 Å². The Hall–Kier alpha value is -2.73. The minimum Gasteiger partial charge on any atom is -0.193 e. The van der Waals surface area contributed by atoms with Crippen molar-refractivity contribution in [1.82, 2.24) is 0 Å². The van der Waals surface area contributed by atoms with E-state index in [2.05, 4.69) is 16.8 Å². The summed E-state index contributed by atoms with van der Waals surface area (Å²) >= 11 is 0. The fourth-order valence-electron chi connectivity index (χ4n) is 1.10. The summed E-state index contributed by atoms with van der Waals surface area (Å²) in [5.74, 6) is 0. The summed E-state index contributed by atoms with van der Waals surface area (Å²) in [6.45, 7) is 3.12. The van der Waals surface area contributed by atoms with Crippen LogP contribution in [0.2, 0.25) is 0 Å². The maximum Gasteiger partial charge on any atom is 0.0905 e. The van der Waals surface area contributed by atoms with Crippen LogP contribution in [0.3, 0.4) is 0 Å². The lowest BCUT2D eigenvalue weighted by atomic mass is 10.3. The minimum atomic E-state index is 0.872. The minimum absolute atomic E-state index is 0.872. The number of rotatable bonds is 2. The van der Waals surface area contributed by atoms with E-state index < -0.39 is 0 Å². The lowest BCUT2D eigenvalue weighted by Crippen LogP contribution is -1.62. The molecule has 18 heavy (non-hydrogen) atoms. The Labute approximate surface area is 107 Å². The molecule has 88 valence electrons. The predicted octanol–water partition coefficient (Wildman–Crippen LogP) is 4.80. The predicted molar refractivity (Wildman–Crippen MR) is 72.9 cm³/mol. The second-order valence-electron chi connectivity index (χ2n) is 3.20. The Morgan fingerprint density at radius 2 is 1.17 bits per heavy atom. The SMILES string of the molecule is C=CC#N.c1ccc(N=Nc2ccccc2)cc1. The van der Waals surface area contributed by atoms with Crippen molar-refractivity contribution in [3.8, 4) is 6.07 Å². The van der Waals surface area contributed by atoms with Gasteiger partial charge in [-0.25, -0.2) is 0 Å². The van der Waals surface area contributed by atoms with E-state index >= 15 is 0 Å². The van der Waals surface area contributed by atoms with E-state index in [4.69, 9.17) is 5.26 Å². The van der Waals surface area contributed by atoms with Gasteiger partial charge in [0.05, 0.1) is 17.4 Å². The molecule has 0 bridgehead atoms. The number of nitriles is 1. The van der Waals surface area contributed by atoms with E-state index in [-0.39, 0.29) is 0 Å². The van der Waals surface area contributed by atoms with Gasteiger partial charge in [-0.2, -0.15) is 15.5 Å². The molecule has 0 N–H and O–H groups in total.